The highest BCUT2D eigenvalue weighted by atomic mass is 16.1. The molecule has 1 rings (SSSR count). The Morgan fingerprint density at radius 3 is 2.27 bits per heavy atom. The number of nitriles is 1. The molecule has 0 aliphatic heterocycles. The first kappa shape index (κ1) is 7.29. The van der Waals surface area contributed by atoms with Crippen molar-refractivity contribution in [1.29, 1.82) is 5.26 Å². The van der Waals surface area contributed by atoms with Gasteiger partial charge in [-0.15, -0.1) is 0 Å². The second kappa shape index (κ2) is 2.84. The molecule has 3 heteroatoms. The zero-order valence-electron chi connectivity index (χ0n) is 5.66. The Labute approximate surface area is 64.1 Å². The minimum absolute atomic E-state index is 0.309. The van der Waals surface area contributed by atoms with Crippen molar-refractivity contribution in [3.63, 3.8) is 0 Å². The predicted molar refractivity (Wildman–Crippen MR) is 38.6 cm³/mol. The molecule has 1 amide bonds. The average molecular weight is 145 g/mol. The largest absolute Gasteiger partial charge is 0.269 e. The smallest absolute Gasteiger partial charge is 0.267 e. The second-order valence-corrected chi connectivity index (χ2v) is 2.02. The summed E-state index contributed by atoms with van der Waals surface area (Å²) in [5, 5.41) is 8.39. The van der Waals surface area contributed by atoms with Gasteiger partial charge in [0.15, 0.2) is 0 Å². The van der Waals surface area contributed by atoms with Gasteiger partial charge >= 0.3 is 0 Å². The molecule has 0 aliphatic carbocycles. The lowest BCUT2D eigenvalue weighted by Crippen LogP contribution is -1.97. The minimum Gasteiger partial charge on any atom is -0.267 e. The molecule has 1 aromatic carbocycles. The predicted octanol–water partition coefficient (Wildman–Crippen LogP) is 0.981. The molecular weight excluding hydrogens is 140 g/mol. The first-order valence-electron chi connectivity index (χ1n) is 3.00. The fourth-order valence-electron chi connectivity index (χ4n) is 0.696. The third kappa shape index (κ3) is 1.55. The molecule has 11 heavy (non-hydrogen) atoms. The number of nitrogens with zero attached hydrogens (tertiary/aromatic N) is 1. The van der Waals surface area contributed by atoms with Gasteiger partial charge in [-0.25, -0.2) is 0 Å². The quantitative estimate of drug-likeness (QED) is 0.591. The molecule has 0 heterocycles. The van der Waals surface area contributed by atoms with E-state index in [2.05, 4.69) is 0 Å². The lowest BCUT2D eigenvalue weighted by molar-refractivity contribution is 0.0992. The van der Waals surface area contributed by atoms with Gasteiger partial charge in [0.05, 0.1) is 11.6 Å². The second-order valence-electron chi connectivity index (χ2n) is 2.02. The SMILES string of the molecule is N#Cc1ccc(C([NH])=O)cc1. The number of hydrogen-bond acceptors (Lipinski definition) is 2. The van der Waals surface area contributed by atoms with Gasteiger partial charge in [0, 0.05) is 5.56 Å². The highest BCUT2D eigenvalue weighted by Crippen LogP contribution is 2.01. The van der Waals surface area contributed by atoms with E-state index in [0.29, 0.717) is 11.1 Å². The fourth-order valence-corrected chi connectivity index (χ4v) is 0.696. The van der Waals surface area contributed by atoms with Crippen LogP contribution in [0, 0.1) is 11.3 Å². The number of nitrogens with one attached hydrogen (secondary N) is 1. The van der Waals surface area contributed by atoms with E-state index in [9.17, 15) is 4.79 Å². The molecule has 0 spiro atoms. The summed E-state index contributed by atoms with van der Waals surface area (Å²) in [6, 6.07) is 7.88. The maximum atomic E-state index is 10.4. The maximum absolute atomic E-state index is 10.4. The summed E-state index contributed by atoms with van der Waals surface area (Å²) < 4.78 is 0. The Balaban J connectivity index is 3.03. The van der Waals surface area contributed by atoms with Crippen LogP contribution >= 0.6 is 0 Å². The lowest BCUT2D eigenvalue weighted by Gasteiger charge is -1.91. The van der Waals surface area contributed by atoms with Gasteiger partial charge in [0.25, 0.3) is 5.91 Å². The van der Waals surface area contributed by atoms with Crippen molar-refractivity contribution in [2.75, 3.05) is 0 Å². The number of carbonyl (C=O) groups is 1. The van der Waals surface area contributed by atoms with Crippen molar-refractivity contribution in [3.05, 3.63) is 35.4 Å². The zero-order valence-corrected chi connectivity index (χ0v) is 5.66. The van der Waals surface area contributed by atoms with Crippen molar-refractivity contribution in [3.8, 4) is 6.07 Å². The highest BCUT2D eigenvalue weighted by molar-refractivity contribution is 5.92. The van der Waals surface area contributed by atoms with E-state index in [0.717, 1.165) is 0 Å². The van der Waals surface area contributed by atoms with Crippen molar-refractivity contribution in [1.82, 2.24) is 5.73 Å². The van der Waals surface area contributed by atoms with Crippen molar-refractivity contribution >= 4 is 5.91 Å². The Kier molecular flexibility index (Phi) is 1.88. The highest BCUT2D eigenvalue weighted by Gasteiger charge is 1.98. The third-order valence-corrected chi connectivity index (χ3v) is 1.28. The Hall–Kier alpha value is -1.82. The first-order valence-corrected chi connectivity index (χ1v) is 3.00. The standard InChI is InChI=1S/C8H5N2O/c9-5-6-1-3-7(4-2-6)8(10)11/h1-4,10H. The number of carbonyl (C=O) groups excluding carboxylic acids is 1. The summed E-state index contributed by atoms with van der Waals surface area (Å²) in [7, 11) is 0. The van der Waals surface area contributed by atoms with Gasteiger partial charge in [-0.1, -0.05) is 0 Å². The van der Waals surface area contributed by atoms with Crippen LogP contribution in [-0.4, -0.2) is 5.91 Å². The molecule has 0 atom stereocenters. The molecule has 0 unspecified atom stereocenters. The van der Waals surface area contributed by atoms with Gasteiger partial charge in [-0.2, -0.15) is 5.26 Å². The number of hydrogen-bond donors (Lipinski definition) is 0. The Morgan fingerprint density at radius 2 is 1.91 bits per heavy atom. The van der Waals surface area contributed by atoms with E-state index < -0.39 is 5.91 Å². The van der Waals surface area contributed by atoms with Crippen LogP contribution in [0.2, 0.25) is 0 Å². The molecule has 0 saturated carbocycles. The van der Waals surface area contributed by atoms with E-state index in [1.807, 2.05) is 6.07 Å². The molecule has 3 nitrogen and oxygen atoms in total. The van der Waals surface area contributed by atoms with Gasteiger partial charge in [-0.3, -0.25) is 10.5 Å². The molecule has 0 aliphatic rings. The lowest BCUT2D eigenvalue weighted by atomic mass is 10.1. The van der Waals surface area contributed by atoms with E-state index in [1.54, 1.807) is 0 Å². The normalized spacial score (nSPS) is 8.64. The zero-order chi connectivity index (χ0) is 8.27. The number of benzene rings is 1. The first-order chi connectivity index (χ1) is 5.24. The molecular formula is C8H5N2O. The minimum atomic E-state index is -0.727. The summed E-state index contributed by atoms with van der Waals surface area (Å²) >= 11 is 0. The van der Waals surface area contributed by atoms with Crippen molar-refractivity contribution < 1.29 is 4.79 Å². The number of amides is 1. The molecule has 1 N–H and O–H groups in total. The molecule has 0 fully saturated rings. The Bertz CT molecular complexity index is 308. The van der Waals surface area contributed by atoms with Crippen LogP contribution in [0.5, 0.6) is 0 Å². The van der Waals surface area contributed by atoms with E-state index in [1.165, 1.54) is 24.3 Å². The number of rotatable bonds is 1. The Morgan fingerprint density at radius 1 is 1.36 bits per heavy atom. The van der Waals surface area contributed by atoms with Crippen LogP contribution in [0.4, 0.5) is 0 Å². The summed E-state index contributed by atoms with van der Waals surface area (Å²) in [4.78, 5) is 10.4. The van der Waals surface area contributed by atoms with E-state index in [-0.39, 0.29) is 0 Å². The third-order valence-electron chi connectivity index (χ3n) is 1.28. The fraction of sp³-hybridized carbons (Fsp3) is 0. The monoisotopic (exact) mass is 145 g/mol. The van der Waals surface area contributed by atoms with Crippen LogP contribution in [0.3, 0.4) is 0 Å². The van der Waals surface area contributed by atoms with E-state index in [4.69, 9.17) is 11.0 Å². The van der Waals surface area contributed by atoms with Crippen LogP contribution in [0.1, 0.15) is 15.9 Å². The topological polar surface area (TPSA) is 64.7 Å². The van der Waals surface area contributed by atoms with Crippen molar-refractivity contribution in [2.45, 2.75) is 0 Å². The van der Waals surface area contributed by atoms with Gasteiger partial charge in [0.1, 0.15) is 0 Å². The van der Waals surface area contributed by atoms with E-state index >= 15 is 0 Å². The van der Waals surface area contributed by atoms with Crippen molar-refractivity contribution in [2.24, 2.45) is 0 Å². The summed E-state index contributed by atoms with van der Waals surface area (Å²) in [6.45, 7) is 0. The summed E-state index contributed by atoms with van der Waals surface area (Å²) in [6.07, 6.45) is 0. The summed E-state index contributed by atoms with van der Waals surface area (Å²) in [5.41, 5.74) is 7.53. The van der Waals surface area contributed by atoms with Gasteiger partial charge in [-0.05, 0) is 24.3 Å². The molecule has 1 radical (unpaired) electrons. The molecule has 0 saturated heterocycles. The van der Waals surface area contributed by atoms with Gasteiger partial charge < -0.3 is 0 Å². The average Bonchev–Trinajstić information content (AvgIpc) is 2.05. The molecule has 53 valence electrons. The molecule has 0 bridgehead atoms. The van der Waals surface area contributed by atoms with Crippen LogP contribution < -0.4 is 5.73 Å². The summed E-state index contributed by atoms with van der Waals surface area (Å²) in [5.74, 6) is -0.727. The van der Waals surface area contributed by atoms with Gasteiger partial charge in [0.2, 0.25) is 0 Å². The molecule has 1 aromatic rings. The maximum Gasteiger partial charge on any atom is 0.269 e. The van der Waals surface area contributed by atoms with Crippen LogP contribution in [0.15, 0.2) is 24.3 Å². The van der Waals surface area contributed by atoms with Crippen LogP contribution in [-0.2, 0) is 0 Å². The molecule has 0 aromatic heterocycles. The van der Waals surface area contributed by atoms with Crippen LogP contribution in [0.25, 0.3) is 0 Å².